The number of hydrogen-bond donors (Lipinski definition) is 0. The van der Waals surface area contributed by atoms with Crippen molar-refractivity contribution in [2.45, 2.75) is 36.9 Å². The lowest BCUT2D eigenvalue weighted by Gasteiger charge is -2.13. The zero-order chi connectivity index (χ0) is 13.8. The second kappa shape index (κ2) is 6.68. The van der Waals surface area contributed by atoms with Gasteiger partial charge in [0.1, 0.15) is 0 Å². The molecule has 0 saturated carbocycles. The van der Waals surface area contributed by atoms with E-state index in [0.29, 0.717) is 4.83 Å². The number of alkyl halides is 1. The molecule has 0 aromatic heterocycles. The minimum absolute atomic E-state index is 0.194. The third kappa shape index (κ3) is 5.08. The Morgan fingerprint density at radius 1 is 1.22 bits per heavy atom. The van der Waals surface area contributed by atoms with E-state index in [1.807, 2.05) is 20.8 Å². The fourth-order valence-corrected chi connectivity index (χ4v) is 3.26. The molecule has 0 amide bonds. The Bertz CT molecular complexity index is 466. The third-order valence-electron chi connectivity index (χ3n) is 2.54. The predicted octanol–water partition coefficient (Wildman–Crippen LogP) is 3.51. The Balaban J connectivity index is 2.63. The summed E-state index contributed by atoms with van der Waals surface area (Å²) in [6.45, 7) is 6.14. The van der Waals surface area contributed by atoms with Crippen LogP contribution in [0.4, 0.5) is 0 Å². The van der Waals surface area contributed by atoms with Crippen LogP contribution in [-0.4, -0.2) is 19.9 Å². The lowest BCUT2D eigenvalue weighted by Crippen LogP contribution is -2.14. The van der Waals surface area contributed by atoms with Crippen molar-refractivity contribution in [3.05, 3.63) is 29.8 Å². The minimum Gasteiger partial charge on any atom is -0.266 e. The smallest absolute Gasteiger partial charge is 0.266 e. The molecule has 1 aromatic carbocycles. The average Bonchev–Trinajstić information content (AvgIpc) is 2.26. The highest BCUT2D eigenvalue weighted by atomic mass is 79.9. The van der Waals surface area contributed by atoms with Crippen molar-refractivity contribution in [3.8, 4) is 0 Å². The van der Waals surface area contributed by atoms with Gasteiger partial charge in [-0.05, 0) is 31.4 Å². The van der Waals surface area contributed by atoms with Crippen molar-refractivity contribution in [1.29, 1.82) is 0 Å². The summed E-state index contributed by atoms with van der Waals surface area (Å²) in [6, 6.07) is 6.67. The van der Waals surface area contributed by atoms with Gasteiger partial charge in [0.05, 0.1) is 11.5 Å². The molecule has 0 spiro atoms. The monoisotopic (exact) mass is 334 g/mol. The van der Waals surface area contributed by atoms with E-state index in [-0.39, 0.29) is 17.4 Å². The van der Waals surface area contributed by atoms with Gasteiger partial charge >= 0.3 is 0 Å². The van der Waals surface area contributed by atoms with Gasteiger partial charge in [0, 0.05) is 4.83 Å². The van der Waals surface area contributed by atoms with E-state index in [0.717, 1.165) is 12.0 Å². The van der Waals surface area contributed by atoms with Crippen LogP contribution in [-0.2, 0) is 14.3 Å². The van der Waals surface area contributed by atoms with Gasteiger partial charge in [0.15, 0.2) is 0 Å². The van der Waals surface area contributed by atoms with Crippen LogP contribution < -0.4 is 0 Å². The lowest BCUT2D eigenvalue weighted by atomic mass is 10.1. The predicted molar refractivity (Wildman–Crippen MR) is 76.5 cm³/mol. The molecule has 3 nitrogen and oxygen atoms in total. The molecular formula is C13H19BrO3S. The maximum absolute atomic E-state index is 11.9. The van der Waals surface area contributed by atoms with Crippen molar-refractivity contribution in [2.24, 2.45) is 5.92 Å². The summed E-state index contributed by atoms with van der Waals surface area (Å²) in [5.41, 5.74) is 1.02. The number of benzene rings is 1. The van der Waals surface area contributed by atoms with Crippen LogP contribution in [0.3, 0.4) is 0 Å². The molecule has 0 aliphatic rings. The van der Waals surface area contributed by atoms with Crippen molar-refractivity contribution in [3.63, 3.8) is 0 Å². The summed E-state index contributed by atoms with van der Waals surface area (Å²) >= 11 is 3.44. The van der Waals surface area contributed by atoms with Gasteiger partial charge < -0.3 is 0 Å². The molecule has 0 unspecified atom stereocenters. The average molecular weight is 335 g/mol. The van der Waals surface area contributed by atoms with E-state index in [9.17, 15) is 8.42 Å². The molecule has 0 fully saturated rings. The van der Waals surface area contributed by atoms with Crippen LogP contribution in [0, 0.1) is 12.8 Å². The normalized spacial score (nSPS) is 15.3. The van der Waals surface area contributed by atoms with E-state index in [2.05, 4.69) is 15.9 Å². The van der Waals surface area contributed by atoms with Crippen LogP contribution in [0.25, 0.3) is 0 Å². The number of aryl methyl sites for hydroxylation is 1. The maximum atomic E-state index is 11.9. The Morgan fingerprint density at radius 2 is 1.78 bits per heavy atom. The molecule has 0 N–H and O–H groups in total. The number of rotatable bonds is 6. The number of hydrogen-bond acceptors (Lipinski definition) is 3. The highest BCUT2D eigenvalue weighted by Crippen LogP contribution is 2.17. The van der Waals surface area contributed by atoms with Gasteiger partial charge in [-0.3, -0.25) is 4.18 Å². The van der Waals surface area contributed by atoms with E-state index in [4.69, 9.17) is 4.18 Å². The van der Waals surface area contributed by atoms with E-state index >= 15 is 0 Å². The molecule has 0 radical (unpaired) electrons. The van der Waals surface area contributed by atoms with Crippen molar-refractivity contribution in [1.82, 2.24) is 0 Å². The van der Waals surface area contributed by atoms with Crippen LogP contribution in [0.2, 0.25) is 0 Å². The Labute approximate surface area is 118 Å². The SMILES string of the molecule is Cc1ccc(S(=O)(=O)OC[C@H](C)C[C@@H](C)Br)cc1. The largest absolute Gasteiger partial charge is 0.296 e. The van der Waals surface area contributed by atoms with Gasteiger partial charge in [0.2, 0.25) is 0 Å². The Kier molecular flexibility index (Phi) is 5.82. The highest BCUT2D eigenvalue weighted by Gasteiger charge is 2.17. The first kappa shape index (κ1) is 15.7. The standard InChI is InChI=1S/C13H19BrO3S/c1-10-4-6-13(7-5-10)18(15,16)17-9-11(2)8-12(3)14/h4-7,11-12H,8-9H2,1-3H3/t11-,12-/m1/s1. The minimum atomic E-state index is -3.62. The van der Waals surface area contributed by atoms with E-state index < -0.39 is 10.1 Å². The lowest BCUT2D eigenvalue weighted by molar-refractivity contribution is 0.258. The van der Waals surface area contributed by atoms with Crippen LogP contribution >= 0.6 is 15.9 Å². The summed E-state index contributed by atoms with van der Waals surface area (Å²) < 4.78 is 28.9. The second-order valence-corrected chi connectivity index (χ2v) is 7.85. The summed E-state index contributed by atoms with van der Waals surface area (Å²) in [5.74, 6) is 0.194. The first-order valence-electron chi connectivity index (χ1n) is 5.91. The summed E-state index contributed by atoms with van der Waals surface area (Å²) in [4.78, 5) is 0.574. The fourth-order valence-electron chi connectivity index (χ4n) is 1.60. The molecule has 2 atom stereocenters. The topological polar surface area (TPSA) is 43.4 Å². The number of halogens is 1. The molecule has 0 heterocycles. The van der Waals surface area contributed by atoms with E-state index in [1.165, 1.54) is 0 Å². The van der Waals surface area contributed by atoms with Gasteiger partial charge in [-0.15, -0.1) is 0 Å². The van der Waals surface area contributed by atoms with Gasteiger partial charge in [-0.2, -0.15) is 8.42 Å². The second-order valence-electron chi connectivity index (χ2n) is 4.67. The maximum Gasteiger partial charge on any atom is 0.296 e. The third-order valence-corrected chi connectivity index (χ3v) is 4.21. The highest BCUT2D eigenvalue weighted by molar-refractivity contribution is 9.09. The molecule has 0 saturated heterocycles. The molecule has 5 heteroatoms. The van der Waals surface area contributed by atoms with Crippen molar-refractivity contribution < 1.29 is 12.6 Å². The molecule has 0 bridgehead atoms. The van der Waals surface area contributed by atoms with Crippen molar-refractivity contribution in [2.75, 3.05) is 6.61 Å². The Morgan fingerprint density at radius 3 is 2.28 bits per heavy atom. The zero-order valence-electron chi connectivity index (χ0n) is 10.9. The fraction of sp³-hybridized carbons (Fsp3) is 0.538. The molecule has 0 aliphatic heterocycles. The summed E-state index contributed by atoms with van der Waals surface area (Å²) in [7, 11) is -3.62. The van der Waals surface area contributed by atoms with Crippen LogP contribution in [0.15, 0.2) is 29.2 Å². The first-order chi connectivity index (χ1) is 8.31. The molecule has 1 aromatic rings. The summed E-state index contributed by atoms with van der Waals surface area (Å²) in [6.07, 6.45) is 0.878. The van der Waals surface area contributed by atoms with Gasteiger partial charge in [-0.1, -0.05) is 47.5 Å². The van der Waals surface area contributed by atoms with Crippen LogP contribution in [0.1, 0.15) is 25.8 Å². The van der Waals surface area contributed by atoms with Gasteiger partial charge in [0.25, 0.3) is 10.1 Å². The molecular weight excluding hydrogens is 316 g/mol. The molecule has 0 aliphatic carbocycles. The Hall–Kier alpha value is -0.390. The molecule has 102 valence electrons. The van der Waals surface area contributed by atoms with Gasteiger partial charge in [-0.25, -0.2) is 0 Å². The quantitative estimate of drug-likeness (QED) is 0.590. The molecule has 1 rings (SSSR count). The first-order valence-corrected chi connectivity index (χ1v) is 8.24. The zero-order valence-corrected chi connectivity index (χ0v) is 13.3. The van der Waals surface area contributed by atoms with Crippen molar-refractivity contribution >= 4 is 26.0 Å². The molecule has 18 heavy (non-hydrogen) atoms. The summed E-state index contributed by atoms with van der Waals surface area (Å²) in [5, 5.41) is 0. The van der Waals surface area contributed by atoms with Crippen LogP contribution in [0.5, 0.6) is 0 Å². The van der Waals surface area contributed by atoms with E-state index in [1.54, 1.807) is 24.3 Å².